The highest BCUT2D eigenvalue weighted by atomic mass is 16.5. The fourth-order valence-corrected chi connectivity index (χ4v) is 3.79. The van der Waals surface area contributed by atoms with Crippen LogP contribution in [0.2, 0.25) is 0 Å². The molecule has 4 heteroatoms. The maximum Gasteiger partial charge on any atom is 0.261 e. The molecule has 3 rings (SSSR count). The largest absolute Gasteiger partial charge is 0.481 e. The van der Waals surface area contributed by atoms with Gasteiger partial charge in [0, 0.05) is 11.1 Å². The molecule has 4 nitrogen and oxygen atoms in total. The van der Waals surface area contributed by atoms with Crippen molar-refractivity contribution in [3.63, 3.8) is 0 Å². The van der Waals surface area contributed by atoms with Crippen LogP contribution in [0.1, 0.15) is 55.5 Å². The van der Waals surface area contributed by atoms with E-state index in [0.29, 0.717) is 11.3 Å². The summed E-state index contributed by atoms with van der Waals surface area (Å²) in [6.45, 7) is 3.27. The van der Waals surface area contributed by atoms with Gasteiger partial charge in [0.15, 0.2) is 11.9 Å². The quantitative estimate of drug-likeness (QED) is 0.743. The molecule has 1 aliphatic carbocycles. The molecule has 1 unspecified atom stereocenters. The Hall–Kier alpha value is -2.62. The number of ether oxygens (including phenoxy) is 1. The fraction of sp³-hybridized carbons (Fsp3) is 0.391. The van der Waals surface area contributed by atoms with Gasteiger partial charge in [-0.15, -0.1) is 0 Å². The highest BCUT2D eigenvalue weighted by molar-refractivity contribution is 5.94. The lowest BCUT2D eigenvalue weighted by Gasteiger charge is -2.32. The van der Waals surface area contributed by atoms with Gasteiger partial charge in [0.1, 0.15) is 5.75 Å². The normalized spacial score (nSPS) is 16.5. The molecule has 1 N–H and O–H groups in total. The second-order valence-electron chi connectivity index (χ2n) is 7.48. The van der Waals surface area contributed by atoms with Crippen molar-refractivity contribution in [1.29, 1.82) is 0 Å². The second-order valence-corrected chi connectivity index (χ2v) is 7.48. The Morgan fingerprint density at radius 1 is 1.07 bits per heavy atom. The van der Waals surface area contributed by atoms with Crippen molar-refractivity contribution in [2.75, 3.05) is 0 Å². The number of carbonyl (C=O) groups is 2. The van der Waals surface area contributed by atoms with Gasteiger partial charge in [0.05, 0.1) is 0 Å². The van der Waals surface area contributed by atoms with E-state index in [4.69, 9.17) is 4.74 Å². The first-order valence-electron chi connectivity index (χ1n) is 9.61. The minimum Gasteiger partial charge on any atom is -0.481 e. The van der Waals surface area contributed by atoms with Crippen LogP contribution >= 0.6 is 0 Å². The molecule has 1 amide bonds. The lowest BCUT2D eigenvalue weighted by Crippen LogP contribution is -2.52. The second kappa shape index (κ2) is 8.38. The molecule has 1 saturated carbocycles. The zero-order valence-electron chi connectivity index (χ0n) is 16.0. The number of rotatable bonds is 7. The van der Waals surface area contributed by atoms with Gasteiger partial charge >= 0.3 is 0 Å². The maximum atomic E-state index is 12.8. The van der Waals surface area contributed by atoms with Crippen LogP contribution in [0.4, 0.5) is 0 Å². The first kappa shape index (κ1) is 19.2. The number of ketones is 1. The molecule has 2 aromatic rings. The highest BCUT2D eigenvalue weighted by Gasteiger charge is 2.36. The van der Waals surface area contributed by atoms with E-state index in [1.807, 2.05) is 18.2 Å². The van der Waals surface area contributed by atoms with E-state index < -0.39 is 6.10 Å². The Morgan fingerprint density at radius 3 is 2.44 bits per heavy atom. The number of hydrogen-bond acceptors (Lipinski definition) is 3. The Labute approximate surface area is 160 Å². The molecule has 1 fully saturated rings. The third-order valence-electron chi connectivity index (χ3n) is 5.26. The van der Waals surface area contributed by atoms with Crippen molar-refractivity contribution in [3.8, 4) is 5.75 Å². The summed E-state index contributed by atoms with van der Waals surface area (Å²) in [5.74, 6) is 0.403. The SMILES string of the molecule is CC(=O)c1cccc(OC(C)C(=O)NC2(Cc3ccccc3)CCCC2)c1. The van der Waals surface area contributed by atoms with E-state index in [-0.39, 0.29) is 17.2 Å². The van der Waals surface area contributed by atoms with Crippen LogP contribution in [-0.4, -0.2) is 23.3 Å². The number of amides is 1. The summed E-state index contributed by atoms with van der Waals surface area (Å²) in [6.07, 6.45) is 4.44. The third kappa shape index (κ3) is 4.97. The van der Waals surface area contributed by atoms with Gasteiger partial charge in [-0.3, -0.25) is 9.59 Å². The average molecular weight is 365 g/mol. The Morgan fingerprint density at radius 2 is 1.78 bits per heavy atom. The standard InChI is InChI=1S/C23H27NO3/c1-17(25)20-11-8-12-21(15-20)27-18(2)22(26)24-23(13-6-7-14-23)16-19-9-4-3-5-10-19/h3-5,8-12,15,18H,6-7,13-14,16H2,1-2H3,(H,24,26). The smallest absolute Gasteiger partial charge is 0.261 e. The van der Waals surface area contributed by atoms with Crippen molar-refractivity contribution in [3.05, 3.63) is 65.7 Å². The van der Waals surface area contributed by atoms with Crippen LogP contribution < -0.4 is 10.1 Å². The van der Waals surface area contributed by atoms with Crippen molar-refractivity contribution in [1.82, 2.24) is 5.32 Å². The summed E-state index contributed by atoms with van der Waals surface area (Å²) >= 11 is 0. The predicted octanol–water partition coefficient (Wildman–Crippen LogP) is 4.33. The number of nitrogens with one attached hydrogen (secondary N) is 1. The Bertz CT molecular complexity index is 794. The minimum atomic E-state index is -0.625. The van der Waals surface area contributed by atoms with E-state index in [1.54, 1.807) is 31.2 Å². The molecular formula is C23H27NO3. The van der Waals surface area contributed by atoms with Gasteiger partial charge < -0.3 is 10.1 Å². The molecule has 27 heavy (non-hydrogen) atoms. The molecule has 2 aromatic carbocycles. The van der Waals surface area contributed by atoms with Gasteiger partial charge in [0.25, 0.3) is 5.91 Å². The molecular weight excluding hydrogens is 338 g/mol. The minimum absolute atomic E-state index is 0.0228. The topological polar surface area (TPSA) is 55.4 Å². The van der Waals surface area contributed by atoms with Gasteiger partial charge in [0.2, 0.25) is 0 Å². The van der Waals surface area contributed by atoms with Crippen LogP contribution in [0.3, 0.4) is 0 Å². The average Bonchev–Trinajstić information content (AvgIpc) is 3.10. The first-order valence-corrected chi connectivity index (χ1v) is 9.61. The lowest BCUT2D eigenvalue weighted by atomic mass is 9.89. The van der Waals surface area contributed by atoms with Gasteiger partial charge in [-0.1, -0.05) is 55.3 Å². The predicted molar refractivity (Wildman–Crippen MR) is 106 cm³/mol. The molecule has 142 valence electrons. The highest BCUT2D eigenvalue weighted by Crippen LogP contribution is 2.33. The Balaban J connectivity index is 1.67. The van der Waals surface area contributed by atoms with Crippen LogP contribution in [0.5, 0.6) is 5.75 Å². The molecule has 0 radical (unpaired) electrons. The molecule has 1 atom stereocenters. The molecule has 0 bridgehead atoms. The summed E-state index contributed by atoms with van der Waals surface area (Å²) in [6, 6.07) is 17.3. The van der Waals surface area contributed by atoms with Crippen molar-refractivity contribution in [2.45, 2.75) is 57.6 Å². The summed E-state index contributed by atoms with van der Waals surface area (Å²) in [5.41, 5.74) is 1.62. The monoisotopic (exact) mass is 365 g/mol. The molecule has 0 aromatic heterocycles. The molecule has 0 aliphatic heterocycles. The summed E-state index contributed by atoms with van der Waals surface area (Å²) in [5, 5.41) is 3.27. The zero-order chi connectivity index (χ0) is 19.3. The van der Waals surface area contributed by atoms with Crippen LogP contribution in [-0.2, 0) is 11.2 Å². The maximum absolute atomic E-state index is 12.8. The van der Waals surface area contributed by atoms with Gasteiger partial charge in [-0.05, 0) is 50.8 Å². The first-order chi connectivity index (χ1) is 13.0. The van der Waals surface area contributed by atoms with E-state index in [0.717, 1.165) is 32.1 Å². The van der Waals surface area contributed by atoms with Crippen LogP contribution in [0.15, 0.2) is 54.6 Å². The van der Waals surface area contributed by atoms with E-state index in [1.165, 1.54) is 12.5 Å². The Kier molecular flexibility index (Phi) is 5.94. The molecule has 0 heterocycles. The molecule has 0 saturated heterocycles. The summed E-state index contributed by atoms with van der Waals surface area (Å²) < 4.78 is 5.81. The van der Waals surface area contributed by atoms with E-state index in [2.05, 4.69) is 17.4 Å². The van der Waals surface area contributed by atoms with Gasteiger partial charge in [-0.2, -0.15) is 0 Å². The van der Waals surface area contributed by atoms with E-state index >= 15 is 0 Å². The molecule has 0 spiro atoms. The number of benzene rings is 2. The molecule has 1 aliphatic rings. The number of hydrogen-bond donors (Lipinski definition) is 1. The zero-order valence-corrected chi connectivity index (χ0v) is 16.0. The van der Waals surface area contributed by atoms with Crippen molar-refractivity contribution in [2.24, 2.45) is 0 Å². The van der Waals surface area contributed by atoms with Crippen LogP contribution in [0, 0.1) is 0 Å². The van der Waals surface area contributed by atoms with E-state index in [9.17, 15) is 9.59 Å². The lowest BCUT2D eigenvalue weighted by molar-refractivity contribution is -0.129. The van der Waals surface area contributed by atoms with Gasteiger partial charge in [-0.25, -0.2) is 0 Å². The number of Topliss-reactive ketones (excluding diaryl/α,β-unsaturated/α-hetero) is 1. The van der Waals surface area contributed by atoms with Crippen molar-refractivity contribution < 1.29 is 14.3 Å². The summed E-state index contributed by atoms with van der Waals surface area (Å²) in [4.78, 5) is 24.3. The summed E-state index contributed by atoms with van der Waals surface area (Å²) in [7, 11) is 0. The number of carbonyl (C=O) groups excluding carboxylic acids is 2. The van der Waals surface area contributed by atoms with Crippen LogP contribution in [0.25, 0.3) is 0 Å². The van der Waals surface area contributed by atoms with Crippen molar-refractivity contribution >= 4 is 11.7 Å². The third-order valence-corrected chi connectivity index (χ3v) is 5.26. The fourth-order valence-electron chi connectivity index (χ4n) is 3.79.